The number of rotatable bonds is 2. The zero-order valence-corrected chi connectivity index (χ0v) is 9.74. The Labute approximate surface area is 104 Å². The van der Waals surface area contributed by atoms with E-state index in [4.69, 9.17) is 5.11 Å². The van der Waals surface area contributed by atoms with Crippen LogP contribution in [0, 0.1) is 5.92 Å². The third-order valence-corrected chi connectivity index (χ3v) is 2.87. The second-order valence-corrected chi connectivity index (χ2v) is 4.18. The quantitative estimate of drug-likeness (QED) is 0.809. The zero-order chi connectivity index (χ0) is 13.0. The second-order valence-electron chi connectivity index (χ2n) is 4.18. The molecule has 2 N–H and O–H groups in total. The number of carbonyl (C=O) groups is 2. The first-order chi connectivity index (χ1) is 8.66. The van der Waals surface area contributed by atoms with E-state index >= 15 is 0 Å². The summed E-state index contributed by atoms with van der Waals surface area (Å²) in [6.07, 6.45) is 5.67. The molecular weight excluding hydrogens is 236 g/mol. The summed E-state index contributed by atoms with van der Waals surface area (Å²) in [4.78, 5) is 31.9. The van der Waals surface area contributed by atoms with Crippen LogP contribution in [0.3, 0.4) is 0 Å². The molecule has 0 bridgehead atoms. The summed E-state index contributed by atoms with van der Waals surface area (Å²) in [6.45, 7) is 0.818. The van der Waals surface area contributed by atoms with Crippen molar-refractivity contribution in [1.82, 2.24) is 14.9 Å². The van der Waals surface area contributed by atoms with E-state index in [9.17, 15) is 9.59 Å². The minimum atomic E-state index is -0.851. The Balaban J connectivity index is 1.95. The van der Waals surface area contributed by atoms with Crippen LogP contribution in [-0.2, 0) is 4.79 Å². The number of hydrogen-bond donors (Lipinski definition) is 2. The maximum absolute atomic E-state index is 11.9. The topological polar surface area (TPSA) is 95.4 Å². The molecule has 0 spiro atoms. The summed E-state index contributed by atoms with van der Waals surface area (Å²) in [5.41, 5.74) is 0.500. The predicted molar refractivity (Wildman–Crippen MR) is 63.0 cm³/mol. The van der Waals surface area contributed by atoms with Gasteiger partial charge in [-0.3, -0.25) is 4.79 Å². The van der Waals surface area contributed by atoms with E-state index in [0.717, 1.165) is 0 Å². The number of aliphatic carboxylic acids is 1. The van der Waals surface area contributed by atoms with Gasteiger partial charge in [-0.1, -0.05) is 0 Å². The number of carboxylic acids is 1. The van der Waals surface area contributed by atoms with Crippen molar-refractivity contribution in [2.45, 2.75) is 12.8 Å². The molecule has 1 atom stereocenters. The normalized spacial score (nSPS) is 19.3. The summed E-state index contributed by atoms with van der Waals surface area (Å²) >= 11 is 0. The van der Waals surface area contributed by atoms with Gasteiger partial charge in [0.05, 0.1) is 24.0 Å². The van der Waals surface area contributed by atoms with E-state index in [0.29, 0.717) is 25.1 Å². The molecule has 1 fully saturated rings. The fraction of sp³-hybridized carbons (Fsp3) is 0.455. The highest BCUT2D eigenvalue weighted by atomic mass is 16.4. The van der Waals surface area contributed by atoms with E-state index in [1.54, 1.807) is 0 Å². The number of carbonyl (C=O) groups excluding carboxylic acids is 1. The van der Waals surface area contributed by atoms with Gasteiger partial charge in [-0.2, -0.15) is 0 Å². The predicted octanol–water partition coefficient (Wildman–Crippen LogP) is 0.805. The van der Waals surface area contributed by atoms with Crippen LogP contribution in [0.25, 0.3) is 0 Å². The fourth-order valence-corrected chi connectivity index (χ4v) is 1.93. The summed E-state index contributed by atoms with van der Waals surface area (Å²) in [7, 11) is 0. The number of hydrogen-bond acceptors (Lipinski definition) is 4. The van der Waals surface area contributed by atoms with Gasteiger partial charge in [0.15, 0.2) is 0 Å². The van der Waals surface area contributed by atoms with E-state index in [1.165, 1.54) is 23.6 Å². The van der Waals surface area contributed by atoms with Gasteiger partial charge in [-0.25, -0.2) is 14.8 Å². The zero-order valence-electron chi connectivity index (χ0n) is 9.74. The highest BCUT2D eigenvalue weighted by molar-refractivity contribution is 5.89. The van der Waals surface area contributed by atoms with Crippen molar-refractivity contribution >= 4 is 17.7 Å². The molecule has 2 amide bonds. The van der Waals surface area contributed by atoms with E-state index in [-0.39, 0.29) is 12.6 Å². The Morgan fingerprint density at radius 2 is 2.11 bits per heavy atom. The number of anilines is 1. The molecule has 7 heteroatoms. The molecule has 2 heterocycles. The lowest BCUT2D eigenvalue weighted by Gasteiger charge is -2.30. The van der Waals surface area contributed by atoms with Crippen molar-refractivity contribution in [3.05, 3.63) is 18.7 Å². The maximum atomic E-state index is 11.9. The van der Waals surface area contributed by atoms with Gasteiger partial charge in [0.25, 0.3) is 0 Å². The molecule has 0 unspecified atom stereocenters. The molecular formula is C11H14N4O3. The Morgan fingerprint density at radius 1 is 1.39 bits per heavy atom. The Hall–Kier alpha value is -2.18. The molecule has 1 aromatic rings. The number of aromatic nitrogens is 2. The van der Waals surface area contributed by atoms with E-state index in [1.807, 2.05) is 0 Å². The molecule has 0 aromatic carbocycles. The third-order valence-electron chi connectivity index (χ3n) is 2.87. The van der Waals surface area contributed by atoms with Gasteiger partial charge in [0.2, 0.25) is 0 Å². The summed E-state index contributed by atoms with van der Waals surface area (Å²) in [5.74, 6) is -1.33. The molecule has 1 aliphatic rings. The lowest BCUT2D eigenvalue weighted by atomic mass is 9.99. The number of amides is 2. The third kappa shape index (κ3) is 2.93. The van der Waals surface area contributed by atoms with Gasteiger partial charge in [-0.05, 0) is 12.8 Å². The van der Waals surface area contributed by atoms with Crippen molar-refractivity contribution < 1.29 is 14.7 Å². The fourth-order valence-electron chi connectivity index (χ4n) is 1.93. The maximum Gasteiger partial charge on any atom is 0.321 e. The van der Waals surface area contributed by atoms with Gasteiger partial charge >= 0.3 is 12.0 Å². The molecule has 0 radical (unpaired) electrons. The van der Waals surface area contributed by atoms with Crippen molar-refractivity contribution in [3.63, 3.8) is 0 Å². The number of nitrogens with one attached hydrogen (secondary N) is 1. The Morgan fingerprint density at radius 3 is 2.78 bits per heavy atom. The first-order valence-electron chi connectivity index (χ1n) is 5.70. The Bertz CT molecular complexity index is 437. The Kier molecular flexibility index (Phi) is 3.71. The molecule has 96 valence electrons. The SMILES string of the molecule is O=C(O)[C@@H]1CCCN(C(=O)Nc2cncnc2)C1. The lowest BCUT2D eigenvalue weighted by Crippen LogP contribution is -2.44. The smallest absolute Gasteiger partial charge is 0.321 e. The number of nitrogens with zero attached hydrogens (tertiary/aromatic N) is 3. The van der Waals surface area contributed by atoms with Gasteiger partial charge in [-0.15, -0.1) is 0 Å². The first kappa shape index (κ1) is 12.3. The van der Waals surface area contributed by atoms with Crippen molar-refractivity contribution in [3.8, 4) is 0 Å². The lowest BCUT2D eigenvalue weighted by molar-refractivity contribution is -0.143. The molecule has 1 saturated heterocycles. The molecule has 18 heavy (non-hydrogen) atoms. The van der Waals surface area contributed by atoms with Crippen LogP contribution in [0.1, 0.15) is 12.8 Å². The molecule has 0 aliphatic carbocycles. The molecule has 1 aromatic heterocycles. The standard InChI is InChI=1S/C11H14N4O3/c16-10(17)8-2-1-3-15(6-8)11(18)14-9-4-12-7-13-5-9/h4-5,7-8H,1-3,6H2,(H,14,18)(H,16,17)/t8-/m1/s1. The monoisotopic (exact) mass is 250 g/mol. The van der Waals surface area contributed by atoms with Crippen molar-refractivity contribution in [2.75, 3.05) is 18.4 Å². The van der Waals surface area contributed by atoms with Gasteiger partial charge in [0, 0.05) is 13.1 Å². The van der Waals surface area contributed by atoms with E-state index in [2.05, 4.69) is 15.3 Å². The number of urea groups is 1. The largest absolute Gasteiger partial charge is 0.481 e. The van der Waals surface area contributed by atoms with Crippen molar-refractivity contribution in [1.29, 1.82) is 0 Å². The highest BCUT2D eigenvalue weighted by Crippen LogP contribution is 2.17. The van der Waals surface area contributed by atoms with Crippen molar-refractivity contribution in [2.24, 2.45) is 5.92 Å². The van der Waals surface area contributed by atoms with E-state index < -0.39 is 11.9 Å². The molecule has 2 rings (SSSR count). The van der Waals surface area contributed by atoms with Crippen LogP contribution in [-0.4, -0.2) is 45.1 Å². The van der Waals surface area contributed by atoms with Crippen LogP contribution < -0.4 is 5.32 Å². The minimum Gasteiger partial charge on any atom is -0.481 e. The van der Waals surface area contributed by atoms with Crippen LogP contribution in [0.15, 0.2) is 18.7 Å². The first-order valence-corrected chi connectivity index (χ1v) is 5.70. The van der Waals surface area contributed by atoms with Gasteiger partial charge in [0.1, 0.15) is 6.33 Å². The molecule has 1 aliphatic heterocycles. The summed E-state index contributed by atoms with van der Waals surface area (Å²) in [6, 6.07) is -0.309. The average molecular weight is 250 g/mol. The van der Waals surface area contributed by atoms with Crippen LogP contribution in [0.5, 0.6) is 0 Å². The summed E-state index contributed by atoms with van der Waals surface area (Å²) < 4.78 is 0. The minimum absolute atomic E-state index is 0.245. The summed E-state index contributed by atoms with van der Waals surface area (Å²) in [5, 5.41) is 11.6. The van der Waals surface area contributed by atoms with Crippen LogP contribution in [0.2, 0.25) is 0 Å². The highest BCUT2D eigenvalue weighted by Gasteiger charge is 2.28. The number of likely N-dealkylation sites (tertiary alicyclic amines) is 1. The number of piperidine rings is 1. The number of carboxylic acid groups (broad SMARTS) is 1. The molecule has 0 saturated carbocycles. The molecule has 7 nitrogen and oxygen atoms in total. The van der Waals surface area contributed by atoms with Crippen LogP contribution >= 0.6 is 0 Å². The second kappa shape index (κ2) is 5.44. The van der Waals surface area contributed by atoms with Crippen LogP contribution in [0.4, 0.5) is 10.5 Å². The average Bonchev–Trinajstić information content (AvgIpc) is 2.40. The van der Waals surface area contributed by atoms with Gasteiger partial charge < -0.3 is 15.3 Å².